The fourth-order valence-corrected chi connectivity index (χ4v) is 4.67. The van der Waals surface area contributed by atoms with Gasteiger partial charge in [0, 0.05) is 67.3 Å². The third-order valence-corrected chi connectivity index (χ3v) is 7.03. The van der Waals surface area contributed by atoms with Gasteiger partial charge >= 0.3 is 6.18 Å². The van der Waals surface area contributed by atoms with E-state index in [1.165, 1.54) is 30.5 Å². The lowest BCUT2D eigenvalue weighted by molar-refractivity contribution is -0.138. The van der Waals surface area contributed by atoms with Crippen LogP contribution in [0.3, 0.4) is 0 Å². The number of likely N-dealkylation sites (N-methyl/N-ethyl adjacent to an activating group) is 1. The molecule has 0 radical (unpaired) electrons. The molecule has 0 bridgehead atoms. The zero-order valence-electron chi connectivity index (χ0n) is 22.7. The summed E-state index contributed by atoms with van der Waals surface area (Å²) < 4.78 is 42.0. The molecule has 4 rings (SSSR count). The van der Waals surface area contributed by atoms with Gasteiger partial charge in [-0.25, -0.2) is 15.8 Å². The number of halogens is 3. The number of carbonyl (C=O) groups excluding carboxylic acids is 1. The van der Waals surface area contributed by atoms with Crippen LogP contribution < -0.4 is 26.8 Å². The lowest BCUT2D eigenvalue weighted by Crippen LogP contribution is -2.46. The number of hydrogen-bond donors (Lipinski definition) is 3. The summed E-state index contributed by atoms with van der Waals surface area (Å²) in [5.41, 5.74) is 8.33. The monoisotopic (exact) mass is 554 g/mol. The molecule has 1 aromatic heterocycles. The average Bonchev–Trinajstić information content (AvgIpc) is 2.94. The molecule has 1 aliphatic heterocycles. The average molecular weight is 555 g/mol. The molecule has 0 aliphatic carbocycles. The summed E-state index contributed by atoms with van der Waals surface area (Å²) in [4.78, 5) is 25.3. The molecule has 2 aromatic carbocycles. The first kappa shape index (κ1) is 28.8. The first-order chi connectivity index (χ1) is 19.0. The Hall–Kier alpha value is -4.16. The summed E-state index contributed by atoms with van der Waals surface area (Å²) in [6, 6.07) is 7.48. The molecule has 0 unspecified atom stereocenters. The summed E-state index contributed by atoms with van der Waals surface area (Å²) in [6.45, 7) is 8.86. The van der Waals surface area contributed by atoms with Crippen molar-refractivity contribution in [2.24, 2.45) is 11.6 Å². The van der Waals surface area contributed by atoms with Gasteiger partial charge in [-0.3, -0.25) is 9.80 Å². The van der Waals surface area contributed by atoms with Crippen LogP contribution in [0.5, 0.6) is 0 Å². The van der Waals surface area contributed by atoms with E-state index in [1.807, 2.05) is 11.8 Å². The van der Waals surface area contributed by atoms with Gasteiger partial charge in [0.1, 0.15) is 6.33 Å². The number of rotatable bonds is 7. The fraction of sp³-hybridized carbons (Fsp3) is 0.321. The SMILES string of the molecule is CCN1CCN(c2cc(C(=O)Nc3ccc(C)c(N(N)/C=C(\N)c4cncnc4)c3)cc(C(F)(F)F)c2C)CC1. The number of nitrogens with two attached hydrogens (primary N) is 2. The van der Waals surface area contributed by atoms with Crippen molar-refractivity contribution >= 4 is 28.7 Å². The third kappa shape index (κ3) is 6.52. The van der Waals surface area contributed by atoms with Crippen molar-refractivity contribution in [2.75, 3.05) is 47.9 Å². The first-order valence-corrected chi connectivity index (χ1v) is 12.9. The number of nitrogens with zero attached hydrogens (tertiary/aromatic N) is 5. The highest BCUT2D eigenvalue weighted by atomic mass is 19.4. The van der Waals surface area contributed by atoms with E-state index in [9.17, 15) is 18.0 Å². The minimum Gasteiger partial charge on any atom is -0.397 e. The molecule has 212 valence electrons. The molecule has 40 heavy (non-hydrogen) atoms. The van der Waals surface area contributed by atoms with E-state index in [4.69, 9.17) is 11.6 Å². The van der Waals surface area contributed by atoms with E-state index in [2.05, 4.69) is 27.1 Å². The number of benzene rings is 2. The van der Waals surface area contributed by atoms with Crippen LogP contribution in [0.1, 0.15) is 39.5 Å². The molecule has 5 N–H and O–H groups in total. The zero-order valence-corrected chi connectivity index (χ0v) is 22.7. The van der Waals surface area contributed by atoms with Crippen LogP contribution in [0.2, 0.25) is 0 Å². The van der Waals surface area contributed by atoms with E-state index in [0.29, 0.717) is 41.4 Å². The van der Waals surface area contributed by atoms with Crippen LogP contribution >= 0.6 is 0 Å². The second-order valence-electron chi connectivity index (χ2n) is 9.66. The molecular formula is C28H33F3N8O. The minimum atomic E-state index is -4.60. The number of piperazine rings is 1. The number of amides is 1. The Morgan fingerprint density at radius 3 is 2.38 bits per heavy atom. The molecule has 0 saturated carbocycles. The van der Waals surface area contributed by atoms with Crippen LogP contribution in [-0.4, -0.2) is 53.5 Å². The fourth-order valence-electron chi connectivity index (χ4n) is 4.67. The van der Waals surface area contributed by atoms with Crippen molar-refractivity contribution < 1.29 is 18.0 Å². The minimum absolute atomic E-state index is 0.0780. The van der Waals surface area contributed by atoms with Gasteiger partial charge in [0.15, 0.2) is 0 Å². The van der Waals surface area contributed by atoms with Crippen molar-refractivity contribution in [2.45, 2.75) is 26.9 Å². The van der Waals surface area contributed by atoms with Crippen LogP contribution in [0.15, 0.2) is 55.3 Å². The van der Waals surface area contributed by atoms with Gasteiger partial charge in [0.2, 0.25) is 0 Å². The highest BCUT2D eigenvalue weighted by molar-refractivity contribution is 6.05. The van der Waals surface area contributed by atoms with Gasteiger partial charge in [-0.05, 0) is 55.8 Å². The molecule has 1 saturated heterocycles. The van der Waals surface area contributed by atoms with Crippen molar-refractivity contribution in [3.05, 3.63) is 83.1 Å². The Balaban J connectivity index is 1.61. The summed E-state index contributed by atoms with van der Waals surface area (Å²) in [7, 11) is 0. The Bertz CT molecular complexity index is 1390. The van der Waals surface area contributed by atoms with Crippen molar-refractivity contribution in [1.82, 2.24) is 14.9 Å². The van der Waals surface area contributed by atoms with Gasteiger partial charge in [0.25, 0.3) is 5.91 Å². The number of alkyl halides is 3. The summed E-state index contributed by atoms with van der Waals surface area (Å²) in [5, 5.41) is 4.02. The van der Waals surface area contributed by atoms with Crippen LogP contribution in [0.25, 0.3) is 5.70 Å². The summed E-state index contributed by atoms with van der Waals surface area (Å²) in [5.74, 6) is 5.58. The highest BCUT2D eigenvalue weighted by Gasteiger charge is 2.35. The Labute approximate surface area is 231 Å². The summed E-state index contributed by atoms with van der Waals surface area (Å²) >= 11 is 0. The lowest BCUT2D eigenvalue weighted by atomic mass is 10.00. The molecule has 12 heteroatoms. The standard InChI is InChI=1S/C28H33F3N8O/c1-4-37-7-9-38(10-8-37)26-12-20(11-23(19(26)3)28(29,30)31)27(40)36-22-6-5-18(2)25(13-22)39(33)16-24(32)21-14-34-17-35-15-21/h5-6,11-17H,4,7-10,32-33H2,1-3H3,(H,36,40)/b24-16-. The lowest BCUT2D eigenvalue weighted by Gasteiger charge is -2.37. The molecule has 2 heterocycles. The van der Waals surface area contributed by atoms with E-state index in [-0.39, 0.29) is 11.1 Å². The first-order valence-electron chi connectivity index (χ1n) is 12.9. The van der Waals surface area contributed by atoms with Gasteiger partial charge in [-0.1, -0.05) is 13.0 Å². The number of hydrogen-bond acceptors (Lipinski definition) is 8. The number of hydrazine groups is 1. The number of anilines is 3. The molecule has 1 fully saturated rings. The van der Waals surface area contributed by atoms with Gasteiger partial charge < -0.3 is 20.9 Å². The Morgan fingerprint density at radius 1 is 1.07 bits per heavy atom. The maximum atomic E-state index is 14.0. The predicted octanol–water partition coefficient (Wildman–Crippen LogP) is 4.14. The molecule has 9 nitrogen and oxygen atoms in total. The van der Waals surface area contributed by atoms with Crippen molar-refractivity contribution in [3.8, 4) is 0 Å². The molecule has 3 aromatic rings. The molecule has 0 atom stereocenters. The molecule has 0 spiro atoms. The largest absolute Gasteiger partial charge is 0.416 e. The Morgan fingerprint density at radius 2 is 1.75 bits per heavy atom. The van der Waals surface area contributed by atoms with Crippen LogP contribution in [-0.2, 0) is 6.18 Å². The number of aromatic nitrogens is 2. The topological polar surface area (TPSA) is 117 Å². The zero-order chi connectivity index (χ0) is 29.0. The molecule has 1 aliphatic rings. The van der Waals surface area contributed by atoms with Crippen LogP contribution in [0.4, 0.5) is 30.2 Å². The maximum Gasteiger partial charge on any atom is 0.416 e. The Kier molecular flexibility index (Phi) is 8.60. The predicted molar refractivity (Wildman–Crippen MR) is 151 cm³/mol. The van der Waals surface area contributed by atoms with Gasteiger partial charge in [-0.2, -0.15) is 13.2 Å². The van der Waals surface area contributed by atoms with Crippen molar-refractivity contribution in [3.63, 3.8) is 0 Å². The van der Waals surface area contributed by atoms with E-state index in [1.54, 1.807) is 30.6 Å². The van der Waals surface area contributed by atoms with Gasteiger partial charge in [0.05, 0.1) is 16.9 Å². The van der Waals surface area contributed by atoms with Crippen molar-refractivity contribution in [1.29, 1.82) is 0 Å². The van der Waals surface area contributed by atoms with Crippen LogP contribution in [0, 0.1) is 13.8 Å². The van der Waals surface area contributed by atoms with Gasteiger partial charge in [-0.15, -0.1) is 0 Å². The highest BCUT2D eigenvalue weighted by Crippen LogP contribution is 2.37. The second kappa shape index (κ2) is 11.9. The van der Waals surface area contributed by atoms with E-state index < -0.39 is 17.6 Å². The number of nitrogens with one attached hydrogen (secondary N) is 1. The molecule has 1 amide bonds. The van der Waals surface area contributed by atoms with E-state index >= 15 is 0 Å². The normalized spacial score (nSPS) is 14.8. The summed E-state index contributed by atoms with van der Waals surface area (Å²) in [6.07, 6.45) is 1.37. The maximum absolute atomic E-state index is 14.0. The third-order valence-electron chi connectivity index (χ3n) is 7.03. The van der Waals surface area contributed by atoms with E-state index in [0.717, 1.165) is 31.3 Å². The second-order valence-corrected chi connectivity index (χ2v) is 9.66. The number of carbonyl (C=O) groups is 1. The quantitative estimate of drug-likeness (QED) is 0.295. The smallest absolute Gasteiger partial charge is 0.397 e. The number of aryl methyl sites for hydroxylation is 1. The molecular weight excluding hydrogens is 521 g/mol.